The molecule has 100 valence electrons. The van der Waals surface area contributed by atoms with Gasteiger partial charge in [0, 0.05) is 6.04 Å². The second kappa shape index (κ2) is 6.29. The van der Waals surface area contributed by atoms with Gasteiger partial charge in [0.15, 0.2) is 0 Å². The second-order valence-electron chi connectivity index (χ2n) is 4.24. The fourth-order valence-electron chi connectivity index (χ4n) is 1.71. The molecule has 0 heterocycles. The molecule has 0 unspecified atom stereocenters. The molecule has 1 atom stereocenters. The lowest BCUT2D eigenvalue weighted by atomic mass is 10.1. The van der Waals surface area contributed by atoms with Crippen molar-refractivity contribution < 1.29 is 4.74 Å². The maximum absolute atomic E-state index is 6.07. The Hall–Kier alpha value is -1.22. The largest absolute Gasteiger partial charge is 0.456 e. The smallest absolute Gasteiger partial charge is 0.147 e. The van der Waals surface area contributed by atoms with Gasteiger partial charge in [0.2, 0.25) is 0 Å². The van der Waals surface area contributed by atoms with E-state index in [1.165, 1.54) is 0 Å². The lowest BCUT2D eigenvalue weighted by Crippen LogP contribution is -2.07. The zero-order valence-electron chi connectivity index (χ0n) is 10.6. The van der Waals surface area contributed by atoms with Crippen molar-refractivity contribution >= 4 is 23.2 Å². The van der Waals surface area contributed by atoms with E-state index in [4.69, 9.17) is 33.7 Å². The van der Waals surface area contributed by atoms with E-state index in [0.717, 1.165) is 12.0 Å². The zero-order valence-corrected chi connectivity index (χ0v) is 12.1. The van der Waals surface area contributed by atoms with Gasteiger partial charge in [-0.25, -0.2) is 0 Å². The highest BCUT2D eigenvalue weighted by Gasteiger charge is 2.07. The first-order valence-corrected chi connectivity index (χ1v) is 6.84. The van der Waals surface area contributed by atoms with Crippen LogP contribution in [-0.2, 0) is 0 Å². The standard InChI is InChI=1S/C15H15Cl2NO/c1-2-13(18)10-6-8-11(9-7-10)19-14-5-3-4-12(16)15(14)17/h3-9,13H,2,18H2,1H3/t13-/m0/s1. The molecule has 0 fully saturated rings. The van der Waals surface area contributed by atoms with Gasteiger partial charge in [-0.3, -0.25) is 0 Å². The highest BCUT2D eigenvalue weighted by atomic mass is 35.5. The molecule has 0 aliphatic rings. The van der Waals surface area contributed by atoms with Gasteiger partial charge in [-0.15, -0.1) is 0 Å². The van der Waals surface area contributed by atoms with Crippen LogP contribution < -0.4 is 10.5 Å². The van der Waals surface area contributed by atoms with E-state index in [2.05, 4.69) is 6.92 Å². The topological polar surface area (TPSA) is 35.2 Å². The average molecular weight is 296 g/mol. The maximum Gasteiger partial charge on any atom is 0.147 e. The van der Waals surface area contributed by atoms with Crippen LogP contribution >= 0.6 is 23.2 Å². The van der Waals surface area contributed by atoms with E-state index in [1.807, 2.05) is 24.3 Å². The van der Waals surface area contributed by atoms with Gasteiger partial charge in [0.25, 0.3) is 0 Å². The van der Waals surface area contributed by atoms with Crippen LogP contribution in [-0.4, -0.2) is 0 Å². The zero-order chi connectivity index (χ0) is 13.8. The van der Waals surface area contributed by atoms with Gasteiger partial charge in [0.1, 0.15) is 16.5 Å². The summed E-state index contributed by atoms with van der Waals surface area (Å²) in [4.78, 5) is 0. The molecule has 0 aliphatic carbocycles. The predicted molar refractivity (Wildman–Crippen MR) is 80.2 cm³/mol. The Balaban J connectivity index is 2.18. The number of halogens is 2. The van der Waals surface area contributed by atoms with Crippen LogP contribution in [0.4, 0.5) is 0 Å². The van der Waals surface area contributed by atoms with Crippen LogP contribution in [0.1, 0.15) is 24.9 Å². The maximum atomic E-state index is 6.07. The Kier molecular flexibility index (Phi) is 4.70. The summed E-state index contributed by atoms with van der Waals surface area (Å²) in [6.07, 6.45) is 0.903. The Morgan fingerprint density at radius 2 is 1.79 bits per heavy atom. The van der Waals surface area contributed by atoms with Gasteiger partial charge in [-0.2, -0.15) is 0 Å². The fraction of sp³-hybridized carbons (Fsp3) is 0.200. The van der Waals surface area contributed by atoms with E-state index < -0.39 is 0 Å². The number of hydrogen-bond donors (Lipinski definition) is 1. The molecule has 0 bridgehead atoms. The van der Waals surface area contributed by atoms with Gasteiger partial charge < -0.3 is 10.5 Å². The first kappa shape index (κ1) is 14.2. The Bertz CT molecular complexity index is 555. The summed E-state index contributed by atoms with van der Waals surface area (Å²) >= 11 is 12.0. The van der Waals surface area contributed by atoms with Crippen molar-refractivity contribution in [2.75, 3.05) is 0 Å². The van der Waals surface area contributed by atoms with E-state index in [9.17, 15) is 0 Å². The van der Waals surface area contributed by atoms with Crippen molar-refractivity contribution in [2.45, 2.75) is 19.4 Å². The van der Waals surface area contributed by atoms with Crippen LogP contribution in [0.5, 0.6) is 11.5 Å². The summed E-state index contributed by atoms with van der Waals surface area (Å²) in [6.45, 7) is 2.06. The third-order valence-corrected chi connectivity index (χ3v) is 3.69. The Labute approximate surface area is 123 Å². The number of ether oxygens (including phenoxy) is 1. The molecule has 2 N–H and O–H groups in total. The first-order valence-electron chi connectivity index (χ1n) is 6.09. The van der Waals surface area contributed by atoms with Crippen molar-refractivity contribution in [1.82, 2.24) is 0 Å². The summed E-state index contributed by atoms with van der Waals surface area (Å²) in [5.41, 5.74) is 7.05. The summed E-state index contributed by atoms with van der Waals surface area (Å²) in [7, 11) is 0. The molecule has 0 saturated carbocycles. The minimum atomic E-state index is 0.0591. The minimum Gasteiger partial charge on any atom is -0.456 e. The highest BCUT2D eigenvalue weighted by Crippen LogP contribution is 2.34. The summed E-state index contributed by atoms with van der Waals surface area (Å²) in [5, 5.41) is 0.891. The fourth-order valence-corrected chi connectivity index (χ4v) is 2.04. The molecule has 2 rings (SSSR count). The van der Waals surface area contributed by atoms with E-state index in [0.29, 0.717) is 21.5 Å². The van der Waals surface area contributed by atoms with Crippen LogP contribution in [0, 0.1) is 0 Å². The highest BCUT2D eigenvalue weighted by molar-refractivity contribution is 6.42. The second-order valence-corrected chi connectivity index (χ2v) is 5.02. The molecule has 0 spiro atoms. The van der Waals surface area contributed by atoms with Crippen LogP contribution in [0.25, 0.3) is 0 Å². The minimum absolute atomic E-state index is 0.0591. The predicted octanol–water partition coefficient (Wildman–Crippen LogP) is 5.20. The Morgan fingerprint density at radius 3 is 2.42 bits per heavy atom. The SMILES string of the molecule is CC[C@H](N)c1ccc(Oc2cccc(Cl)c2Cl)cc1. The van der Waals surface area contributed by atoms with Gasteiger partial charge in [0.05, 0.1) is 5.02 Å². The summed E-state index contributed by atoms with van der Waals surface area (Å²) < 4.78 is 5.70. The quantitative estimate of drug-likeness (QED) is 0.842. The molecule has 0 aromatic heterocycles. The molecule has 0 aliphatic heterocycles. The monoisotopic (exact) mass is 295 g/mol. The third-order valence-electron chi connectivity index (χ3n) is 2.89. The number of nitrogens with two attached hydrogens (primary N) is 1. The number of benzene rings is 2. The van der Waals surface area contributed by atoms with E-state index >= 15 is 0 Å². The van der Waals surface area contributed by atoms with Gasteiger partial charge in [-0.05, 0) is 36.2 Å². The van der Waals surface area contributed by atoms with Crippen LogP contribution in [0.2, 0.25) is 10.0 Å². The van der Waals surface area contributed by atoms with Crippen LogP contribution in [0.3, 0.4) is 0 Å². The van der Waals surface area contributed by atoms with Crippen molar-refractivity contribution in [3.05, 3.63) is 58.1 Å². The lowest BCUT2D eigenvalue weighted by molar-refractivity contribution is 0.482. The summed E-state index contributed by atoms with van der Waals surface area (Å²) in [6, 6.07) is 13.0. The van der Waals surface area contributed by atoms with Crippen molar-refractivity contribution in [1.29, 1.82) is 0 Å². The van der Waals surface area contributed by atoms with Gasteiger partial charge >= 0.3 is 0 Å². The van der Waals surface area contributed by atoms with Crippen molar-refractivity contribution in [2.24, 2.45) is 5.73 Å². The molecule has 0 radical (unpaired) electrons. The van der Waals surface area contributed by atoms with Gasteiger partial charge in [-0.1, -0.05) is 48.3 Å². The Morgan fingerprint density at radius 1 is 1.11 bits per heavy atom. The number of rotatable bonds is 4. The van der Waals surface area contributed by atoms with Crippen molar-refractivity contribution in [3.8, 4) is 11.5 Å². The lowest BCUT2D eigenvalue weighted by Gasteiger charge is -2.11. The van der Waals surface area contributed by atoms with E-state index in [1.54, 1.807) is 18.2 Å². The van der Waals surface area contributed by atoms with E-state index in [-0.39, 0.29) is 6.04 Å². The molecular formula is C15H15Cl2NO. The molecular weight excluding hydrogens is 281 g/mol. The van der Waals surface area contributed by atoms with Crippen LogP contribution in [0.15, 0.2) is 42.5 Å². The number of hydrogen-bond acceptors (Lipinski definition) is 2. The van der Waals surface area contributed by atoms with Crippen molar-refractivity contribution in [3.63, 3.8) is 0 Å². The normalized spacial score (nSPS) is 12.2. The molecule has 2 aromatic rings. The molecule has 19 heavy (non-hydrogen) atoms. The summed E-state index contributed by atoms with van der Waals surface area (Å²) in [5.74, 6) is 1.25. The average Bonchev–Trinajstić information content (AvgIpc) is 2.44. The third kappa shape index (κ3) is 3.41. The molecule has 0 amide bonds. The molecule has 0 saturated heterocycles. The molecule has 2 aromatic carbocycles. The molecule has 4 heteroatoms. The molecule has 2 nitrogen and oxygen atoms in total. The first-order chi connectivity index (χ1) is 9.11.